The van der Waals surface area contributed by atoms with Crippen LogP contribution in [0.4, 0.5) is 0 Å². The number of rotatable bonds is 40. The van der Waals surface area contributed by atoms with E-state index < -0.39 is 0 Å². The van der Waals surface area contributed by atoms with E-state index in [2.05, 4.69) is 6.92 Å². The van der Waals surface area contributed by atoms with Gasteiger partial charge in [-0.05, 0) is 6.42 Å². The Morgan fingerprint density at radius 2 is 0.465 bits per heavy atom. The van der Waals surface area contributed by atoms with E-state index in [9.17, 15) is 0 Å². The van der Waals surface area contributed by atoms with Gasteiger partial charge in [0.2, 0.25) is 0 Å². The molecule has 0 aromatic carbocycles. The highest BCUT2D eigenvalue weighted by Crippen LogP contribution is 2.06. The van der Waals surface area contributed by atoms with Crippen molar-refractivity contribution in [2.24, 2.45) is 0 Å². The van der Waals surface area contributed by atoms with Gasteiger partial charge in [0, 0.05) is 6.61 Å². The zero-order valence-corrected chi connectivity index (χ0v) is 27.2. The van der Waals surface area contributed by atoms with Crippen LogP contribution in [0.15, 0.2) is 0 Å². The maximum absolute atomic E-state index is 8.57. The van der Waals surface area contributed by atoms with Gasteiger partial charge in [-0.2, -0.15) is 0 Å². The zero-order valence-electron chi connectivity index (χ0n) is 27.2. The fourth-order valence-corrected chi connectivity index (χ4v) is 3.53. The van der Waals surface area contributed by atoms with E-state index in [0.29, 0.717) is 139 Å². The fraction of sp³-hybridized carbons (Fsp3) is 1.00. The molecule has 0 unspecified atom stereocenters. The van der Waals surface area contributed by atoms with Gasteiger partial charge in [0.15, 0.2) is 0 Å². The van der Waals surface area contributed by atoms with Crippen molar-refractivity contribution in [3.63, 3.8) is 0 Å². The molecule has 0 aromatic heterocycles. The fourth-order valence-electron chi connectivity index (χ4n) is 3.53. The summed E-state index contributed by atoms with van der Waals surface area (Å²) in [6.07, 6.45) is 9.10. The van der Waals surface area contributed by atoms with Crippen molar-refractivity contribution in [1.29, 1.82) is 0 Å². The number of aliphatic hydroxyl groups is 1. The number of unbranched alkanes of at least 4 members (excludes halogenated alkanes) is 6. The summed E-state index contributed by atoms with van der Waals surface area (Å²) in [4.78, 5) is 0. The third-order valence-electron chi connectivity index (χ3n) is 5.85. The SMILES string of the molecule is CCCCCCCCCOCCOCCOCCOCCOCCOCCOCCOCCOCCOCCOCCO. The summed E-state index contributed by atoms with van der Waals surface area (Å²) < 4.78 is 59.8. The summed E-state index contributed by atoms with van der Waals surface area (Å²) in [6.45, 7) is 14.1. The molecule has 0 spiro atoms. The third kappa shape index (κ3) is 41.5. The van der Waals surface area contributed by atoms with Crippen molar-refractivity contribution in [1.82, 2.24) is 0 Å². The molecule has 0 bridgehead atoms. The molecule has 0 amide bonds. The predicted molar refractivity (Wildman–Crippen MR) is 164 cm³/mol. The smallest absolute Gasteiger partial charge is 0.0701 e. The second-order valence-electron chi connectivity index (χ2n) is 9.58. The van der Waals surface area contributed by atoms with Crippen LogP contribution < -0.4 is 0 Å². The van der Waals surface area contributed by atoms with E-state index in [-0.39, 0.29) is 6.61 Å². The van der Waals surface area contributed by atoms with Crippen LogP contribution in [0, 0.1) is 0 Å². The summed E-state index contributed by atoms with van der Waals surface area (Å²) in [5, 5.41) is 8.57. The minimum Gasteiger partial charge on any atom is -0.394 e. The normalized spacial score (nSPS) is 11.6. The number of ether oxygens (including phenoxy) is 11. The first-order chi connectivity index (χ1) is 21.4. The third-order valence-corrected chi connectivity index (χ3v) is 5.85. The molecule has 12 nitrogen and oxygen atoms in total. The summed E-state index contributed by atoms with van der Waals surface area (Å²) in [7, 11) is 0. The molecule has 0 heterocycles. The summed E-state index contributed by atoms with van der Waals surface area (Å²) in [5.74, 6) is 0. The predicted octanol–water partition coefficient (Wildman–Crippen LogP) is 2.91. The van der Waals surface area contributed by atoms with E-state index in [1.807, 2.05) is 0 Å². The Labute approximate surface area is 261 Å². The molecule has 0 saturated heterocycles. The van der Waals surface area contributed by atoms with Gasteiger partial charge >= 0.3 is 0 Å². The van der Waals surface area contributed by atoms with Crippen molar-refractivity contribution in [2.75, 3.05) is 152 Å². The lowest BCUT2D eigenvalue weighted by Crippen LogP contribution is -2.15. The molecule has 0 rings (SSSR count). The van der Waals surface area contributed by atoms with Crippen LogP contribution in [0.3, 0.4) is 0 Å². The van der Waals surface area contributed by atoms with Gasteiger partial charge in [0.05, 0.1) is 145 Å². The van der Waals surface area contributed by atoms with E-state index in [1.54, 1.807) is 0 Å². The summed E-state index contributed by atoms with van der Waals surface area (Å²) in [6, 6.07) is 0. The van der Waals surface area contributed by atoms with Crippen molar-refractivity contribution in [3.8, 4) is 0 Å². The van der Waals surface area contributed by atoms with Crippen LogP contribution in [0.1, 0.15) is 51.9 Å². The van der Waals surface area contributed by atoms with Gasteiger partial charge in [0.25, 0.3) is 0 Å². The van der Waals surface area contributed by atoms with Crippen LogP contribution in [-0.2, 0) is 52.1 Å². The molecule has 0 aliphatic rings. The lowest BCUT2D eigenvalue weighted by Gasteiger charge is -2.09. The van der Waals surface area contributed by atoms with Crippen LogP contribution in [0.5, 0.6) is 0 Å². The highest BCUT2D eigenvalue weighted by molar-refractivity contribution is 4.45. The molecular weight excluding hydrogens is 564 g/mol. The first-order valence-electron chi connectivity index (χ1n) is 16.4. The van der Waals surface area contributed by atoms with Gasteiger partial charge < -0.3 is 57.2 Å². The topological polar surface area (TPSA) is 122 Å². The standard InChI is InChI=1S/C31H64O12/c1-2-3-4-5-6-7-8-10-33-12-14-35-16-18-37-20-22-39-24-26-41-28-30-43-31-29-42-27-25-40-23-21-38-19-17-36-15-13-34-11-9-32/h32H,2-31H2,1H3. The van der Waals surface area contributed by atoms with Gasteiger partial charge in [-0.3, -0.25) is 0 Å². The Morgan fingerprint density at radius 3 is 0.721 bits per heavy atom. The van der Waals surface area contributed by atoms with Crippen LogP contribution >= 0.6 is 0 Å². The second kappa shape index (κ2) is 41.5. The van der Waals surface area contributed by atoms with Crippen molar-refractivity contribution < 1.29 is 57.2 Å². The molecule has 0 saturated carbocycles. The quantitative estimate of drug-likeness (QED) is 0.100. The molecule has 1 N–H and O–H groups in total. The van der Waals surface area contributed by atoms with E-state index in [4.69, 9.17) is 57.2 Å². The molecular formula is C31H64O12. The number of hydrogen-bond donors (Lipinski definition) is 1. The van der Waals surface area contributed by atoms with E-state index >= 15 is 0 Å². The molecule has 0 radical (unpaired) electrons. The first kappa shape index (κ1) is 42.5. The van der Waals surface area contributed by atoms with Crippen LogP contribution in [0.25, 0.3) is 0 Å². The monoisotopic (exact) mass is 628 g/mol. The minimum absolute atomic E-state index is 0.0285. The summed E-state index contributed by atoms with van der Waals surface area (Å²) in [5.41, 5.74) is 0. The number of hydrogen-bond acceptors (Lipinski definition) is 12. The lowest BCUT2D eigenvalue weighted by atomic mass is 10.1. The average molecular weight is 629 g/mol. The Balaban J connectivity index is 3.02. The van der Waals surface area contributed by atoms with Crippen molar-refractivity contribution in [2.45, 2.75) is 51.9 Å². The second-order valence-corrected chi connectivity index (χ2v) is 9.58. The Bertz CT molecular complexity index is 436. The molecule has 0 fully saturated rings. The van der Waals surface area contributed by atoms with Crippen LogP contribution in [-0.4, -0.2) is 157 Å². The Hall–Kier alpha value is -0.480. The molecule has 0 aromatic rings. The van der Waals surface area contributed by atoms with Crippen LogP contribution in [0.2, 0.25) is 0 Å². The van der Waals surface area contributed by atoms with E-state index in [0.717, 1.165) is 13.0 Å². The molecule has 12 heteroatoms. The maximum Gasteiger partial charge on any atom is 0.0701 e. The summed E-state index contributed by atoms with van der Waals surface area (Å²) >= 11 is 0. The van der Waals surface area contributed by atoms with Gasteiger partial charge in [-0.25, -0.2) is 0 Å². The van der Waals surface area contributed by atoms with Crippen molar-refractivity contribution >= 4 is 0 Å². The minimum atomic E-state index is 0.0285. The number of aliphatic hydroxyl groups excluding tert-OH is 1. The highest BCUT2D eigenvalue weighted by Gasteiger charge is 1.97. The van der Waals surface area contributed by atoms with E-state index in [1.165, 1.54) is 38.5 Å². The highest BCUT2D eigenvalue weighted by atomic mass is 16.6. The molecule has 0 aliphatic heterocycles. The molecule has 260 valence electrons. The largest absolute Gasteiger partial charge is 0.394 e. The molecule has 0 aliphatic carbocycles. The van der Waals surface area contributed by atoms with Gasteiger partial charge in [-0.15, -0.1) is 0 Å². The van der Waals surface area contributed by atoms with Crippen molar-refractivity contribution in [3.05, 3.63) is 0 Å². The lowest BCUT2D eigenvalue weighted by molar-refractivity contribution is -0.0278. The van der Waals surface area contributed by atoms with Gasteiger partial charge in [0.1, 0.15) is 0 Å². The zero-order chi connectivity index (χ0) is 31.0. The maximum atomic E-state index is 8.57. The first-order valence-corrected chi connectivity index (χ1v) is 16.4. The Morgan fingerprint density at radius 1 is 0.256 bits per heavy atom. The average Bonchev–Trinajstić information content (AvgIpc) is 3.02. The molecule has 43 heavy (non-hydrogen) atoms. The Kier molecular flexibility index (Phi) is 41.1. The molecule has 0 atom stereocenters. The van der Waals surface area contributed by atoms with Gasteiger partial charge in [-0.1, -0.05) is 45.4 Å².